The van der Waals surface area contributed by atoms with Gasteiger partial charge in [0.2, 0.25) is 0 Å². The fourth-order valence-corrected chi connectivity index (χ4v) is 4.82. The molecule has 0 aromatic carbocycles. The fourth-order valence-electron chi connectivity index (χ4n) is 4.82. The first kappa shape index (κ1) is 13.6. The van der Waals surface area contributed by atoms with Gasteiger partial charge in [-0.3, -0.25) is 9.59 Å². The number of aliphatic carboxylic acids is 1. The van der Waals surface area contributed by atoms with Crippen LogP contribution in [0.4, 0.5) is 0 Å². The Labute approximate surface area is 119 Å². The first-order valence-electron chi connectivity index (χ1n) is 7.50. The molecule has 1 spiro atoms. The van der Waals surface area contributed by atoms with Crippen LogP contribution in [0, 0.1) is 22.7 Å². The Hall–Kier alpha value is -1.38. The van der Waals surface area contributed by atoms with Crippen LogP contribution in [-0.2, 0) is 9.59 Å². The summed E-state index contributed by atoms with van der Waals surface area (Å²) in [4.78, 5) is 23.4. The minimum absolute atomic E-state index is 0.0625. The van der Waals surface area contributed by atoms with E-state index in [1.165, 1.54) is 12.0 Å². The minimum atomic E-state index is -0.812. The van der Waals surface area contributed by atoms with E-state index < -0.39 is 11.4 Å². The highest BCUT2D eigenvalue weighted by atomic mass is 16.4. The summed E-state index contributed by atoms with van der Waals surface area (Å²) in [7, 11) is 0. The number of allylic oxidation sites excluding steroid dienone is 3. The van der Waals surface area contributed by atoms with Crippen molar-refractivity contribution in [1.29, 1.82) is 0 Å². The largest absolute Gasteiger partial charge is 0.481 e. The maximum atomic E-state index is 12.4. The van der Waals surface area contributed by atoms with Crippen LogP contribution < -0.4 is 0 Å². The Morgan fingerprint density at radius 3 is 2.95 bits per heavy atom. The predicted molar refractivity (Wildman–Crippen MR) is 76.1 cm³/mol. The summed E-state index contributed by atoms with van der Waals surface area (Å²) in [6.45, 7) is 6.19. The van der Waals surface area contributed by atoms with Crippen LogP contribution in [-0.4, -0.2) is 16.9 Å². The van der Waals surface area contributed by atoms with Crippen LogP contribution in [0.25, 0.3) is 0 Å². The molecule has 4 aliphatic carbocycles. The maximum absolute atomic E-state index is 12.4. The summed E-state index contributed by atoms with van der Waals surface area (Å²) >= 11 is 0. The molecule has 0 saturated heterocycles. The molecule has 2 bridgehead atoms. The second kappa shape index (κ2) is 4.31. The molecule has 4 aliphatic rings. The van der Waals surface area contributed by atoms with Gasteiger partial charge in [-0.15, -0.1) is 0 Å². The zero-order valence-electron chi connectivity index (χ0n) is 12.0. The third-order valence-corrected chi connectivity index (χ3v) is 6.06. The minimum Gasteiger partial charge on any atom is -0.481 e. The van der Waals surface area contributed by atoms with E-state index in [0.29, 0.717) is 12.3 Å². The van der Waals surface area contributed by atoms with E-state index in [1.54, 1.807) is 6.08 Å². The Morgan fingerprint density at radius 1 is 1.55 bits per heavy atom. The van der Waals surface area contributed by atoms with Crippen LogP contribution in [0.1, 0.15) is 45.4 Å². The number of hydrogen-bond acceptors (Lipinski definition) is 2. The Balaban J connectivity index is 1.96. The molecule has 3 heteroatoms. The number of hydrogen-bond donors (Lipinski definition) is 1. The van der Waals surface area contributed by atoms with Gasteiger partial charge in [0.1, 0.15) is 0 Å². The zero-order valence-corrected chi connectivity index (χ0v) is 12.0. The molecule has 0 aromatic heterocycles. The molecule has 3 saturated carbocycles. The lowest BCUT2D eigenvalue weighted by molar-refractivity contribution is -0.141. The average molecular weight is 274 g/mol. The van der Waals surface area contributed by atoms with Gasteiger partial charge in [-0.05, 0) is 55.4 Å². The van der Waals surface area contributed by atoms with Crippen molar-refractivity contribution in [3.05, 3.63) is 24.3 Å². The van der Waals surface area contributed by atoms with Crippen molar-refractivity contribution in [3.63, 3.8) is 0 Å². The van der Waals surface area contributed by atoms with Crippen LogP contribution in [0.2, 0.25) is 0 Å². The molecule has 0 aliphatic heterocycles. The summed E-state index contributed by atoms with van der Waals surface area (Å²) < 4.78 is 0. The van der Waals surface area contributed by atoms with Gasteiger partial charge in [0.25, 0.3) is 0 Å². The van der Waals surface area contributed by atoms with E-state index in [0.717, 1.165) is 19.3 Å². The predicted octanol–water partition coefficient (Wildman–Crippen LogP) is 3.36. The number of rotatable bonds is 3. The lowest BCUT2D eigenvalue weighted by Crippen LogP contribution is -2.54. The molecule has 4 atom stereocenters. The van der Waals surface area contributed by atoms with Crippen molar-refractivity contribution in [2.75, 3.05) is 0 Å². The fraction of sp³-hybridized carbons (Fsp3) is 0.647. The number of carbonyl (C=O) groups is 2. The monoisotopic (exact) mass is 274 g/mol. The van der Waals surface area contributed by atoms with Crippen LogP contribution >= 0.6 is 0 Å². The SMILES string of the molecule is C=C1C[C@@]23C=CC(=O)[C@@](C)(CCC(=O)O)C2C[C@@H]1CC3. The van der Waals surface area contributed by atoms with Gasteiger partial charge in [0.15, 0.2) is 5.78 Å². The topological polar surface area (TPSA) is 54.4 Å². The number of ketones is 1. The van der Waals surface area contributed by atoms with Crippen LogP contribution in [0.5, 0.6) is 0 Å². The van der Waals surface area contributed by atoms with E-state index in [2.05, 4.69) is 12.7 Å². The van der Waals surface area contributed by atoms with Crippen molar-refractivity contribution in [3.8, 4) is 0 Å². The molecule has 0 aromatic rings. The summed E-state index contributed by atoms with van der Waals surface area (Å²) in [5, 5.41) is 8.97. The third-order valence-electron chi connectivity index (χ3n) is 6.06. The highest BCUT2D eigenvalue weighted by molar-refractivity contribution is 5.96. The van der Waals surface area contributed by atoms with Crippen molar-refractivity contribution >= 4 is 11.8 Å². The number of carboxylic acid groups (broad SMARTS) is 1. The zero-order chi connectivity index (χ0) is 14.5. The molecular weight excluding hydrogens is 252 g/mol. The van der Waals surface area contributed by atoms with Gasteiger partial charge in [0.05, 0.1) is 0 Å². The van der Waals surface area contributed by atoms with E-state index in [-0.39, 0.29) is 23.5 Å². The molecule has 1 unspecified atom stereocenters. The van der Waals surface area contributed by atoms with Crippen LogP contribution in [0.3, 0.4) is 0 Å². The Morgan fingerprint density at radius 2 is 2.30 bits per heavy atom. The van der Waals surface area contributed by atoms with Gasteiger partial charge in [0, 0.05) is 11.8 Å². The van der Waals surface area contributed by atoms with Crippen molar-refractivity contribution in [2.45, 2.75) is 45.4 Å². The summed E-state index contributed by atoms with van der Waals surface area (Å²) in [5.74, 6) is 0.127. The standard InChI is InChI=1S/C17H22O3/c1-11-10-17-7-3-12(11)9-13(17)16(2,6-5-15(19)20)14(18)4-8-17/h4,8,12-13H,1,3,5-7,9-10H2,2H3,(H,19,20)/t12-,13?,16-,17+/m0/s1. The highest BCUT2D eigenvalue weighted by Crippen LogP contribution is 2.64. The molecule has 0 amide bonds. The lowest BCUT2D eigenvalue weighted by atomic mass is 9.44. The number of carbonyl (C=O) groups excluding carboxylic acids is 1. The van der Waals surface area contributed by atoms with Gasteiger partial charge in [-0.25, -0.2) is 0 Å². The average Bonchev–Trinajstić information content (AvgIpc) is 2.41. The molecule has 0 heterocycles. The lowest BCUT2D eigenvalue weighted by Gasteiger charge is -2.59. The van der Waals surface area contributed by atoms with Crippen molar-refractivity contribution in [1.82, 2.24) is 0 Å². The summed E-state index contributed by atoms with van der Waals surface area (Å²) in [6.07, 6.45) is 8.64. The smallest absolute Gasteiger partial charge is 0.303 e. The van der Waals surface area contributed by atoms with Gasteiger partial charge < -0.3 is 5.11 Å². The second-order valence-electron chi connectivity index (χ2n) is 7.10. The second-order valence-corrected chi connectivity index (χ2v) is 7.10. The van der Waals surface area contributed by atoms with E-state index in [4.69, 9.17) is 5.11 Å². The van der Waals surface area contributed by atoms with Crippen molar-refractivity contribution < 1.29 is 14.7 Å². The number of carboxylic acids is 1. The molecule has 4 rings (SSSR count). The Bertz CT molecular complexity index is 518. The first-order chi connectivity index (χ1) is 9.37. The van der Waals surface area contributed by atoms with E-state index in [1.807, 2.05) is 6.92 Å². The number of fused-ring (bicyclic) bond motifs is 2. The maximum Gasteiger partial charge on any atom is 0.303 e. The first-order valence-corrected chi connectivity index (χ1v) is 7.50. The quantitative estimate of drug-likeness (QED) is 0.803. The van der Waals surface area contributed by atoms with E-state index >= 15 is 0 Å². The summed E-state index contributed by atoms with van der Waals surface area (Å²) in [5.41, 5.74) is 0.881. The van der Waals surface area contributed by atoms with Gasteiger partial charge in [-0.2, -0.15) is 0 Å². The van der Waals surface area contributed by atoms with Gasteiger partial charge >= 0.3 is 5.97 Å². The molecule has 0 radical (unpaired) electrons. The van der Waals surface area contributed by atoms with E-state index in [9.17, 15) is 9.59 Å². The normalized spacial score (nSPS) is 42.6. The highest BCUT2D eigenvalue weighted by Gasteiger charge is 2.58. The molecule has 1 N–H and O–H groups in total. The molecule has 20 heavy (non-hydrogen) atoms. The van der Waals surface area contributed by atoms with Crippen molar-refractivity contribution in [2.24, 2.45) is 22.7 Å². The van der Waals surface area contributed by atoms with Gasteiger partial charge in [-0.1, -0.05) is 25.2 Å². The third kappa shape index (κ3) is 1.79. The molecule has 3 fully saturated rings. The van der Waals surface area contributed by atoms with Crippen LogP contribution in [0.15, 0.2) is 24.3 Å². The molecule has 108 valence electrons. The Kier molecular flexibility index (Phi) is 2.93. The molecular formula is C17H22O3. The summed E-state index contributed by atoms with van der Waals surface area (Å²) in [6, 6.07) is 0. The molecule has 3 nitrogen and oxygen atoms in total.